The quantitative estimate of drug-likeness (QED) is 0.811. The van der Waals surface area contributed by atoms with Gasteiger partial charge in [-0.3, -0.25) is 4.79 Å². The Hall–Kier alpha value is -1.76. The molecule has 0 spiro atoms. The van der Waals surface area contributed by atoms with E-state index in [1.807, 2.05) is 6.92 Å². The minimum absolute atomic E-state index is 0.00940. The largest absolute Gasteiger partial charge is 0.573 e. The van der Waals surface area contributed by atoms with E-state index in [1.165, 1.54) is 18.2 Å². The summed E-state index contributed by atoms with van der Waals surface area (Å²) >= 11 is 0. The molecule has 1 unspecified atom stereocenters. The lowest BCUT2D eigenvalue weighted by atomic mass is 10.0. The number of amides is 1. The van der Waals surface area contributed by atoms with Gasteiger partial charge in [-0.1, -0.05) is 19.1 Å². The van der Waals surface area contributed by atoms with Gasteiger partial charge < -0.3 is 15.8 Å². The zero-order valence-electron chi connectivity index (χ0n) is 11.0. The Labute approximate surface area is 115 Å². The minimum Gasteiger partial charge on any atom is -0.406 e. The molecule has 0 saturated carbocycles. The summed E-state index contributed by atoms with van der Waals surface area (Å²) in [6.45, 7) is 2.57. The number of hydrogen-bond acceptors (Lipinski definition) is 3. The van der Waals surface area contributed by atoms with Crippen molar-refractivity contribution < 1.29 is 22.7 Å². The van der Waals surface area contributed by atoms with Crippen LogP contribution in [0.25, 0.3) is 0 Å². The summed E-state index contributed by atoms with van der Waals surface area (Å²) in [4.78, 5) is 11.0. The van der Waals surface area contributed by atoms with Crippen molar-refractivity contribution in [1.82, 2.24) is 5.32 Å². The summed E-state index contributed by atoms with van der Waals surface area (Å²) in [5.41, 5.74) is 5.68. The maximum Gasteiger partial charge on any atom is 0.573 e. The van der Waals surface area contributed by atoms with Crippen LogP contribution in [0.4, 0.5) is 13.2 Å². The third kappa shape index (κ3) is 5.92. The van der Waals surface area contributed by atoms with E-state index in [9.17, 15) is 18.0 Å². The summed E-state index contributed by atoms with van der Waals surface area (Å²) in [6, 6.07) is 5.10. The molecule has 1 amide bonds. The molecular formula is C13H17F3N2O2. The Morgan fingerprint density at radius 3 is 2.70 bits per heavy atom. The minimum atomic E-state index is -4.74. The van der Waals surface area contributed by atoms with Gasteiger partial charge in [-0.25, -0.2) is 0 Å². The first-order valence-corrected chi connectivity index (χ1v) is 6.19. The maximum absolute atomic E-state index is 12.2. The molecule has 1 aromatic rings. The highest BCUT2D eigenvalue weighted by Gasteiger charge is 2.31. The fourth-order valence-electron chi connectivity index (χ4n) is 1.76. The van der Waals surface area contributed by atoms with E-state index in [4.69, 9.17) is 5.73 Å². The number of hydrogen-bond donors (Lipinski definition) is 2. The summed E-state index contributed by atoms with van der Waals surface area (Å²) in [7, 11) is 0. The summed E-state index contributed by atoms with van der Waals surface area (Å²) in [5, 5.41) is 3.07. The number of halogens is 3. The highest BCUT2D eigenvalue weighted by molar-refractivity contribution is 5.74. The maximum atomic E-state index is 12.2. The molecule has 0 heterocycles. The molecule has 4 nitrogen and oxygen atoms in total. The zero-order chi connectivity index (χ0) is 15.2. The third-order valence-corrected chi connectivity index (χ3v) is 2.54. The number of alkyl halides is 3. The Morgan fingerprint density at radius 2 is 2.15 bits per heavy atom. The van der Waals surface area contributed by atoms with Crippen LogP contribution in [0.15, 0.2) is 24.3 Å². The Balaban J connectivity index is 2.89. The van der Waals surface area contributed by atoms with Crippen molar-refractivity contribution in [3.05, 3.63) is 29.8 Å². The van der Waals surface area contributed by atoms with Crippen LogP contribution in [0.1, 0.15) is 31.4 Å². The van der Waals surface area contributed by atoms with Crippen molar-refractivity contribution >= 4 is 5.91 Å². The van der Waals surface area contributed by atoms with Crippen LogP contribution < -0.4 is 15.8 Å². The van der Waals surface area contributed by atoms with Gasteiger partial charge in [-0.05, 0) is 30.7 Å². The van der Waals surface area contributed by atoms with Crippen LogP contribution in [0.2, 0.25) is 0 Å². The lowest BCUT2D eigenvalue weighted by Gasteiger charge is -2.18. The van der Waals surface area contributed by atoms with E-state index in [0.29, 0.717) is 12.1 Å². The number of ether oxygens (including phenoxy) is 1. The second-order valence-electron chi connectivity index (χ2n) is 4.30. The number of benzene rings is 1. The molecule has 0 bridgehead atoms. The van der Waals surface area contributed by atoms with Crippen molar-refractivity contribution in [2.75, 3.05) is 6.54 Å². The molecule has 20 heavy (non-hydrogen) atoms. The van der Waals surface area contributed by atoms with Crippen molar-refractivity contribution in [2.24, 2.45) is 5.73 Å². The second kappa shape index (κ2) is 7.14. The highest BCUT2D eigenvalue weighted by Crippen LogP contribution is 2.26. The van der Waals surface area contributed by atoms with Crippen LogP contribution in [0, 0.1) is 0 Å². The van der Waals surface area contributed by atoms with Gasteiger partial charge in [0, 0.05) is 12.5 Å². The van der Waals surface area contributed by atoms with Crippen LogP contribution in [0.5, 0.6) is 5.75 Å². The molecule has 0 fully saturated rings. The van der Waals surface area contributed by atoms with Crippen LogP contribution >= 0.6 is 0 Å². The van der Waals surface area contributed by atoms with Gasteiger partial charge in [0.15, 0.2) is 0 Å². The lowest BCUT2D eigenvalue weighted by molar-refractivity contribution is -0.274. The average Bonchev–Trinajstić information content (AvgIpc) is 2.32. The van der Waals surface area contributed by atoms with Crippen LogP contribution in [-0.4, -0.2) is 18.8 Å². The predicted octanol–water partition coefficient (Wildman–Crippen LogP) is 2.50. The molecule has 1 aromatic carbocycles. The molecule has 0 aliphatic carbocycles. The first-order chi connectivity index (χ1) is 9.31. The summed E-state index contributed by atoms with van der Waals surface area (Å²) in [6.07, 6.45) is -3.90. The molecule has 0 saturated heterocycles. The van der Waals surface area contributed by atoms with Crippen molar-refractivity contribution in [3.63, 3.8) is 0 Å². The van der Waals surface area contributed by atoms with Gasteiger partial charge >= 0.3 is 6.36 Å². The normalized spacial score (nSPS) is 13.0. The van der Waals surface area contributed by atoms with Gasteiger partial charge in [0.05, 0.1) is 0 Å². The van der Waals surface area contributed by atoms with Gasteiger partial charge in [0.2, 0.25) is 5.91 Å². The number of primary amides is 1. The molecule has 0 radical (unpaired) electrons. The predicted molar refractivity (Wildman–Crippen MR) is 68.0 cm³/mol. The van der Waals surface area contributed by atoms with Gasteiger partial charge in [0.1, 0.15) is 5.75 Å². The molecule has 1 atom stereocenters. The topological polar surface area (TPSA) is 64.3 Å². The van der Waals surface area contributed by atoms with Crippen molar-refractivity contribution in [2.45, 2.75) is 32.2 Å². The van der Waals surface area contributed by atoms with E-state index >= 15 is 0 Å². The highest BCUT2D eigenvalue weighted by atomic mass is 19.4. The number of carbonyl (C=O) groups is 1. The zero-order valence-corrected chi connectivity index (χ0v) is 11.0. The van der Waals surface area contributed by atoms with E-state index in [2.05, 4.69) is 10.1 Å². The van der Waals surface area contributed by atoms with E-state index in [-0.39, 0.29) is 12.2 Å². The molecule has 1 rings (SSSR count). The first-order valence-electron chi connectivity index (χ1n) is 6.19. The summed E-state index contributed by atoms with van der Waals surface area (Å²) < 4.78 is 40.4. The third-order valence-electron chi connectivity index (χ3n) is 2.54. The van der Waals surface area contributed by atoms with Crippen LogP contribution in [-0.2, 0) is 4.79 Å². The molecule has 112 valence electrons. The monoisotopic (exact) mass is 290 g/mol. The molecule has 0 aromatic heterocycles. The number of rotatable bonds is 7. The van der Waals surface area contributed by atoms with E-state index in [0.717, 1.165) is 6.42 Å². The van der Waals surface area contributed by atoms with Crippen molar-refractivity contribution in [3.8, 4) is 5.75 Å². The Bertz CT molecular complexity index is 449. The number of nitrogens with one attached hydrogen (secondary N) is 1. The molecule has 0 aliphatic rings. The lowest BCUT2D eigenvalue weighted by Crippen LogP contribution is -2.27. The fraction of sp³-hybridized carbons (Fsp3) is 0.462. The van der Waals surface area contributed by atoms with Gasteiger partial charge in [-0.15, -0.1) is 13.2 Å². The number of nitrogens with two attached hydrogens (primary N) is 1. The molecule has 0 aliphatic heterocycles. The number of carbonyl (C=O) groups excluding carboxylic acids is 1. The summed E-state index contributed by atoms with van der Waals surface area (Å²) in [5.74, 6) is -0.844. The molecule has 3 N–H and O–H groups in total. The standard InChI is InChI=1S/C13H17F3N2O2/c1-2-6-18-11(8-12(17)19)9-4-3-5-10(7-9)20-13(14,15)16/h3-5,7,11,18H,2,6,8H2,1H3,(H2,17,19). The molecular weight excluding hydrogens is 273 g/mol. The van der Waals surface area contributed by atoms with E-state index < -0.39 is 18.3 Å². The SMILES string of the molecule is CCCNC(CC(N)=O)c1cccc(OC(F)(F)F)c1. The fourth-order valence-corrected chi connectivity index (χ4v) is 1.76. The first kappa shape index (κ1) is 16.3. The second-order valence-corrected chi connectivity index (χ2v) is 4.30. The average molecular weight is 290 g/mol. The van der Waals surface area contributed by atoms with E-state index in [1.54, 1.807) is 6.07 Å². The molecule has 7 heteroatoms. The Kier molecular flexibility index (Phi) is 5.82. The Morgan fingerprint density at radius 1 is 1.45 bits per heavy atom. The van der Waals surface area contributed by atoms with Gasteiger partial charge in [0.25, 0.3) is 0 Å². The van der Waals surface area contributed by atoms with Crippen molar-refractivity contribution in [1.29, 1.82) is 0 Å². The van der Waals surface area contributed by atoms with Crippen LogP contribution in [0.3, 0.4) is 0 Å². The smallest absolute Gasteiger partial charge is 0.406 e. The van der Waals surface area contributed by atoms with Gasteiger partial charge in [-0.2, -0.15) is 0 Å².